The molecule has 1 aromatic carbocycles. The van der Waals surface area contributed by atoms with Crippen molar-refractivity contribution < 1.29 is 9.59 Å². The third-order valence-corrected chi connectivity index (χ3v) is 4.56. The SMILES string of the molecule is Cc1ccc(C2C(C=O)=C(Cl)c3c(N(C)C)ncnc3N2C=O)cc1. The summed E-state index contributed by atoms with van der Waals surface area (Å²) in [5.74, 6) is 0.929. The molecule has 1 aliphatic heterocycles. The van der Waals surface area contributed by atoms with Crippen LogP contribution in [0.25, 0.3) is 5.03 Å². The summed E-state index contributed by atoms with van der Waals surface area (Å²) >= 11 is 6.56. The number of rotatable bonds is 4. The van der Waals surface area contributed by atoms with Crippen molar-refractivity contribution in [2.75, 3.05) is 23.9 Å². The Balaban J connectivity index is 2.29. The van der Waals surface area contributed by atoms with Gasteiger partial charge in [0.1, 0.15) is 24.2 Å². The highest BCUT2D eigenvalue weighted by Crippen LogP contribution is 2.46. The molecular formula is C18H17ClN4O2. The van der Waals surface area contributed by atoms with Crippen molar-refractivity contribution in [2.24, 2.45) is 0 Å². The van der Waals surface area contributed by atoms with E-state index in [1.807, 2.05) is 45.3 Å². The highest BCUT2D eigenvalue weighted by molar-refractivity contribution is 6.52. The second-order valence-electron chi connectivity index (χ2n) is 6.00. The molecule has 6 nitrogen and oxygen atoms in total. The van der Waals surface area contributed by atoms with E-state index in [0.717, 1.165) is 11.1 Å². The van der Waals surface area contributed by atoms with E-state index in [-0.39, 0.29) is 5.03 Å². The second-order valence-corrected chi connectivity index (χ2v) is 6.38. The van der Waals surface area contributed by atoms with Gasteiger partial charge in [0.2, 0.25) is 6.41 Å². The van der Waals surface area contributed by atoms with Gasteiger partial charge in [0.15, 0.2) is 0 Å². The quantitative estimate of drug-likeness (QED) is 0.788. The van der Waals surface area contributed by atoms with Gasteiger partial charge in [0.25, 0.3) is 0 Å². The number of fused-ring (bicyclic) bond motifs is 1. The van der Waals surface area contributed by atoms with Crippen LogP contribution in [0.15, 0.2) is 36.2 Å². The van der Waals surface area contributed by atoms with E-state index in [1.165, 1.54) is 11.2 Å². The number of anilines is 2. The molecule has 2 aromatic rings. The van der Waals surface area contributed by atoms with Crippen molar-refractivity contribution in [3.8, 4) is 0 Å². The van der Waals surface area contributed by atoms with E-state index in [4.69, 9.17) is 11.6 Å². The van der Waals surface area contributed by atoms with Crippen LogP contribution in [-0.4, -0.2) is 36.8 Å². The standard InChI is InChI=1S/C18H17ClN4O2/c1-11-4-6-12(7-5-11)16-13(8-24)15(19)14-17(22(2)3)20-9-21-18(14)23(16)10-25/h4-10,16H,1-3H3. The van der Waals surface area contributed by atoms with Crippen LogP contribution in [0.3, 0.4) is 0 Å². The molecule has 128 valence electrons. The normalized spacial score (nSPS) is 16.5. The van der Waals surface area contributed by atoms with E-state index < -0.39 is 6.04 Å². The van der Waals surface area contributed by atoms with Crippen LogP contribution in [0.5, 0.6) is 0 Å². The topological polar surface area (TPSA) is 66.4 Å². The lowest BCUT2D eigenvalue weighted by molar-refractivity contribution is -0.108. The molecular weight excluding hydrogens is 340 g/mol. The Bertz CT molecular complexity index is 862. The van der Waals surface area contributed by atoms with Gasteiger partial charge < -0.3 is 4.90 Å². The fraction of sp³-hybridized carbons (Fsp3) is 0.222. The number of carbonyl (C=O) groups excluding carboxylic acids is 2. The smallest absolute Gasteiger partial charge is 0.216 e. The number of hydrogen-bond donors (Lipinski definition) is 0. The fourth-order valence-corrected chi connectivity index (χ4v) is 3.27. The maximum Gasteiger partial charge on any atom is 0.216 e. The zero-order chi connectivity index (χ0) is 18.1. The summed E-state index contributed by atoms with van der Waals surface area (Å²) < 4.78 is 0. The summed E-state index contributed by atoms with van der Waals surface area (Å²) in [6.07, 6.45) is 2.74. The van der Waals surface area contributed by atoms with Crippen molar-refractivity contribution in [3.63, 3.8) is 0 Å². The Morgan fingerprint density at radius 2 is 1.84 bits per heavy atom. The van der Waals surface area contributed by atoms with Crippen LogP contribution in [0.2, 0.25) is 0 Å². The lowest BCUT2D eigenvalue weighted by Crippen LogP contribution is -2.34. The Labute approximate surface area is 150 Å². The summed E-state index contributed by atoms with van der Waals surface area (Å²) in [5, 5.41) is 0.262. The maximum atomic E-state index is 11.9. The Kier molecular flexibility index (Phi) is 4.55. The molecule has 3 rings (SSSR count). The molecule has 1 unspecified atom stereocenters. The van der Waals surface area contributed by atoms with E-state index >= 15 is 0 Å². The number of halogens is 1. The maximum absolute atomic E-state index is 11.9. The number of aromatic nitrogens is 2. The van der Waals surface area contributed by atoms with Gasteiger partial charge in [-0.3, -0.25) is 14.5 Å². The molecule has 1 aromatic heterocycles. The molecule has 0 spiro atoms. The van der Waals surface area contributed by atoms with Gasteiger partial charge in [-0.25, -0.2) is 9.97 Å². The summed E-state index contributed by atoms with van der Waals surface area (Å²) in [6.45, 7) is 1.97. The first-order chi connectivity index (χ1) is 12.0. The third-order valence-electron chi connectivity index (χ3n) is 4.15. The summed E-state index contributed by atoms with van der Waals surface area (Å²) in [4.78, 5) is 35.4. The number of benzene rings is 1. The van der Waals surface area contributed by atoms with Crippen LogP contribution in [-0.2, 0) is 9.59 Å². The summed E-state index contributed by atoms with van der Waals surface area (Å²) in [5.41, 5.74) is 2.65. The molecule has 1 atom stereocenters. The van der Waals surface area contributed by atoms with Gasteiger partial charge in [0, 0.05) is 19.7 Å². The van der Waals surface area contributed by atoms with Gasteiger partial charge in [-0.1, -0.05) is 41.4 Å². The summed E-state index contributed by atoms with van der Waals surface area (Å²) in [6, 6.07) is 6.98. The van der Waals surface area contributed by atoms with Crippen molar-refractivity contribution >= 4 is 41.0 Å². The Morgan fingerprint density at radius 3 is 2.40 bits per heavy atom. The number of aryl methyl sites for hydroxylation is 1. The molecule has 0 N–H and O–H groups in total. The largest absolute Gasteiger partial charge is 0.362 e. The monoisotopic (exact) mass is 356 g/mol. The Morgan fingerprint density at radius 1 is 1.16 bits per heavy atom. The van der Waals surface area contributed by atoms with E-state index in [1.54, 1.807) is 4.90 Å². The van der Waals surface area contributed by atoms with Crippen molar-refractivity contribution in [3.05, 3.63) is 52.9 Å². The number of amides is 1. The lowest BCUT2D eigenvalue weighted by atomic mass is 9.92. The number of nitrogens with zero attached hydrogens (tertiary/aromatic N) is 4. The first kappa shape index (κ1) is 17.1. The van der Waals surface area contributed by atoms with Crippen LogP contribution >= 0.6 is 11.6 Å². The number of carbonyl (C=O) groups is 2. The molecule has 7 heteroatoms. The first-order valence-electron chi connectivity index (χ1n) is 7.67. The highest BCUT2D eigenvalue weighted by atomic mass is 35.5. The van der Waals surface area contributed by atoms with Crippen LogP contribution in [0.4, 0.5) is 11.6 Å². The molecule has 1 aliphatic rings. The molecule has 1 amide bonds. The second kappa shape index (κ2) is 6.64. The van der Waals surface area contributed by atoms with E-state index in [9.17, 15) is 9.59 Å². The van der Waals surface area contributed by atoms with Gasteiger partial charge in [-0.2, -0.15) is 0 Å². The predicted molar refractivity (Wildman–Crippen MR) is 97.7 cm³/mol. The van der Waals surface area contributed by atoms with E-state index in [2.05, 4.69) is 9.97 Å². The molecule has 0 radical (unpaired) electrons. The van der Waals surface area contributed by atoms with Gasteiger partial charge in [-0.05, 0) is 12.5 Å². The Hall–Kier alpha value is -2.73. The highest BCUT2D eigenvalue weighted by Gasteiger charge is 2.36. The van der Waals surface area contributed by atoms with Gasteiger partial charge >= 0.3 is 0 Å². The average Bonchev–Trinajstić information content (AvgIpc) is 2.61. The predicted octanol–water partition coefficient (Wildman–Crippen LogP) is 2.72. The molecule has 0 fully saturated rings. The molecule has 2 heterocycles. The molecule has 0 bridgehead atoms. The van der Waals surface area contributed by atoms with E-state index in [0.29, 0.717) is 35.5 Å². The number of aldehydes is 1. The van der Waals surface area contributed by atoms with Crippen LogP contribution in [0, 0.1) is 6.92 Å². The first-order valence-corrected chi connectivity index (χ1v) is 8.05. The fourth-order valence-electron chi connectivity index (χ4n) is 2.95. The minimum atomic E-state index is -0.625. The third kappa shape index (κ3) is 2.78. The zero-order valence-electron chi connectivity index (χ0n) is 14.1. The van der Waals surface area contributed by atoms with Crippen molar-refractivity contribution in [1.29, 1.82) is 0 Å². The van der Waals surface area contributed by atoms with Crippen molar-refractivity contribution in [2.45, 2.75) is 13.0 Å². The molecule has 25 heavy (non-hydrogen) atoms. The lowest BCUT2D eigenvalue weighted by Gasteiger charge is -2.35. The van der Waals surface area contributed by atoms with Crippen LogP contribution < -0.4 is 9.80 Å². The van der Waals surface area contributed by atoms with Crippen molar-refractivity contribution in [1.82, 2.24) is 9.97 Å². The minimum absolute atomic E-state index is 0.262. The molecule has 0 saturated heterocycles. The van der Waals surface area contributed by atoms with Gasteiger partial charge in [0.05, 0.1) is 16.6 Å². The minimum Gasteiger partial charge on any atom is -0.362 e. The van der Waals surface area contributed by atoms with Gasteiger partial charge in [-0.15, -0.1) is 0 Å². The van der Waals surface area contributed by atoms with Crippen LogP contribution in [0.1, 0.15) is 22.7 Å². The average molecular weight is 357 g/mol. The zero-order valence-corrected chi connectivity index (χ0v) is 14.9. The molecule has 0 aliphatic carbocycles. The number of hydrogen-bond acceptors (Lipinski definition) is 5. The summed E-state index contributed by atoms with van der Waals surface area (Å²) in [7, 11) is 3.62. The molecule has 0 saturated carbocycles.